The summed E-state index contributed by atoms with van der Waals surface area (Å²) in [5.41, 5.74) is 1.64. The Labute approximate surface area is 169 Å². The van der Waals surface area contributed by atoms with Gasteiger partial charge in [-0.15, -0.1) is 0 Å². The van der Waals surface area contributed by atoms with Crippen LogP contribution in [0.2, 0.25) is 0 Å². The SMILES string of the molecule is COCn1nc(CC(F)F)cc1C1CC(C)(S(=O)(=O)c2cccc(C)c2)CCO1. The Bertz CT molecular complexity index is 961. The van der Waals surface area contributed by atoms with Crippen LogP contribution >= 0.6 is 0 Å². The second kappa shape index (κ2) is 8.49. The fourth-order valence-corrected chi connectivity index (χ4v) is 5.59. The number of hydrogen-bond donors (Lipinski definition) is 0. The van der Waals surface area contributed by atoms with Gasteiger partial charge in [-0.3, -0.25) is 0 Å². The molecule has 0 saturated carbocycles. The zero-order valence-electron chi connectivity index (χ0n) is 16.8. The van der Waals surface area contributed by atoms with E-state index < -0.39 is 33.5 Å². The van der Waals surface area contributed by atoms with Crippen molar-refractivity contribution >= 4 is 9.84 Å². The van der Waals surface area contributed by atoms with Gasteiger partial charge < -0.3 is 9.47 Å². The van der Waals surface area contributed by atoms with Gasteiger partial charge >= 0.3 is 0 Å². The van der Waals surface area contributed by atoms with Crippen LogP contribution < -0.4 is 0 Å². The van der Waals surface area contributed by atoms with E-state index in [1.165, 1.54) is 11.8 Å². The largest absolute Gasteiger partial charge is 0.372 e. The van der Waals surface area contributed by atoms with Gasteiger partial charge in [-0.05, 0) is 50.5 Å². The third kappa shape index (κ3) is 4.51. The molecule has 0 bridgehead atoms. The van der Waals surface area contributed by atoms with Crippen molar-refractivity contribution in [3.63, 3.8) is 0 Å². The van der Waals surface area contributed by atoms with E-state index in [9.17, 15) is 17.2 Å². The maximum Gasteiger partial charge on any atom is 0.244 e. The number of sulfone groups is 1. The molecule has 0 radical (unpaired) electrons. The number of ether oxygens (including phenoxy) is 2. The van der Waals surface area contributed by atoms with Crippen molar-refractivity contribution in [3.8, 4) is 0 Å². The maximum atomic E-state index is 13.4. The normalized spacial score (nSPS) is 22.9. The van der Waals surface area contributed by atoms with Crippen molar-refractivity contribution in [3.05, 3.63) is 47.3 Å². The van der Waals surface area contributed by atoms with Gasteiger partial charge in [0.25, 0.3) is 0 Å². The Hall–Kier alpha value is -1.84. The van der Waals surface area contributed by atoms with Gasteiger partial charge in [0, 0.05) is 13.7 Å². The molecule has 29 heavy (non-hydrogen) atoms. The summed E-state index contributed by atoms with van der Waals surface area (Å²) in [5, 5.41) is 4.18. The first-order chi connectivity index (χ1) is 13.7. The second-order valence-electron chi connectivity index (χ2n) is 7.66. The Morgan fingerprint density at radius 1 is 1.38 bits per heavy atom. The third-order valence-corrected chi connectivity index (χ3v) is 7.87. The molecule has 1 fully saturated rings. The smallest absolute Gasteiger partial charge is 0.244 e. The molecule has 0 aliphatic carbocycles. The van der Waals surface area contributed by atoms with Crippen LogP contribution in [0.5, 0.6) is 0 Å². The molecule has 0 spiro atoms. The predicted molar refractivity (Wildman–Crippen MR) is 104 cm³/mol. The van der Waals surface area contributed by atoms with Gasteiger partial charge in [0.2, 0.25) is 6.43 Å². The molecule has 1 saturated heterocycles. The highest BCUT2D eigenvalue weighted by Gasteiger charge is 2.45. The molecule has 2 aromatic rings. The number of alkyl halides is 2. The minimum atomic E-state index is -3.62. The highest BCUT2D eigenvalue weighted by molar-refractivity contribution is 7.92. The maximum absolute atomic E-state index is 13.4. The van der Waals surface area contributed by atoms with Crippen LogP contribution in [0.25, 0.3) is 0 Å². The molecular formula is C20H26F2N2O4S. The van der Waals surface area contributed by atoms with E-state index in [1.54, 1.807) is 31.2 Å². The summed E-state index contributed by atoms with van der Waals surface area (Å²) in [4.78, 5) is 0.282. The summed E-state index contributed by atoms with van der Waals surface area (Å²) in [7, 11) is -2.14. The van der Waals surface area contributed by atoms with Crippen molar-refractivity contribution in [1.82, 2.24) is 9.78 Å². The van der Waals surface area contributed by atoms with Crippen LogP contribution in [0.3, 0.4) is 0 Å². The van der Waals surface area contributed by atoms with E-state index in [0.717, 1.165) is 5.56 Å². The lowest BCUT2D eigenvalue weighted by Gasteiger charge is -2.37. The Balaban J connectivity index is 1.93. The predicted octanol–water partition coefficient (Wildman–Crippen LogP) is 3.69. The van der Waals surface area contributed by atoms with Crippen molar-refractivity contribution in [2.24, 2.45) is 0 Å². The van der Waals surface area contributed by atoms with Crippen LogP contribution in [0.1, 0.15) is 42.8 Å². The van der Waals surface area contributed by atoms with Gasteiger partial charge in [0.15, 0.2) is 9.84 Å². The number of hydrogen-bond acceptors (Lipinski definition) is 5. The van der Waals surface area contributed by atoms with Crippen LogP contribution in [-0.2, 0) is 32.5 Å². The lowest BCUT2D eigenvalue weighted by molar-refractivity contribution is -0.00919. The minimum absolute atomic E-state index is 0.0692. The van der Waals surface area contributed by atoms with Crippen molar-refractivity contribution in [1.29, 1.82) is 0 Å². The first-order valence-corrected chi connectivity index (χ1v) is 10.9. The Morgan fingerprint density at radius 3 is 2.79 bits per heavy atom. The van der Waals surface area contributed by atoms with E-state index in [0.29, 0.717) is 12.1 Å². The summed E-state index contributed by atoms with van der Waals surface area (Å²) < 4.78 is 63.8. The molecule has 2 heterocycles. The summed E-state index contributed by atoms with van der Waals surface area (Å²) in [5.74, 6) is 0. The Morgan fingerprint density at radius 2 is 2.14 bits per heavy atom. The number of nitrogens with zero attached hydrogens (tertiary/aromatic N) is 2. The van der Waals surface area contributed by atoms with E-state index >= 15 is 0 Å². The summed E-state index contributed by atoms with van der Waals surface area (Å²) in [6.07, 6.45) is -3.03. The molecule has 1 aromatic heterocycles. The van der Waals surface area contributed by atoms with Crippen LogP contribution in [0, 0.1) is 6.92 Å². The number of benzene rings is 1. The first-order valence-electron chi connectivity index (χ1n) is 9.43. The molecule has 9 heteroatoms. The fraction of sp³-hybridized carbons (Fsp3) is 0.550. The number of rotatable bonds is 7. The topological polar surface area (TPSA) is 70.4 Å². The Kier molecular flexibility index (Phi) is 6.40. The molecule has 1 aliphatic heterocycles. The zero-order chi connectivity index (χ0) is 21.2. The third-order valence-electron chi connectivity index (χ3n) is 5.32. The van der Waals surface area contributed by atoms with Gasteiger partial charge in [-0.25, -0.2) is 21.9 Å². The van der Waals surface area contributed by atoms with E-state index in [4.69, 9.17) is 9.47 Å². The van der Waals surface area contributed by atoms with E-state index in [1.807, 2.05) is 13.0 Å². The average molecular weight is 429 g/mol. The number of methoxy groups -OCH3 is 1. The van der Waals surface area contributed by atoms with Gasteiger partial charge in [-0.2, -0.15) is 5.10 Å². The van der Waals surface area contributed by atoms with E-state index in [-0.39, 0.29) is 30.3 Å². The molecule has 2 unspecified atom stereocenters. The molecule has 160 valence electrons. The van der Waals surface area contributed by atoms with Crippen LogP contribution in [0.4, 0.5) is 8.78 Å². The molecule has 1 aromatic carbocycles. The quantitative estimate of drug-likeness (QED) is 0.673. The van der Waals surface area contributed by atoms with E-state index in [2.05, 4.69) is 5.10 Å². The zero-order valence-corrected chi connectivity index (χ0v) is 17.6. The molecular weight excluding hydrogens is 402 g/mol. The molecule has 2 atom stereocenters. The van der Waals surface area contributed by atoms with Crippen molar-refractivity contribution < 1.29 is 26.7 Å². The first kappa shape index (κ1) is 21.9. The summed E-state index contributed by atoms with van der Waals surface area (Å²) in [6, 6.07) is 8.41. The van der Waals surface area contributed by atoms with Gasteiger partial charge in [0.05, 0.1) is 27.5 Å². The standard InChI is InChI=1S/C20H26F2N2O4S/c1-14-5-4-6-16(9-14)29(25,26)20(2)7-8-28-18(12-20)17-10-15(11-19(21)22)23-24(17)13-27-3/h4-6,9-10,18-19H,7-8,11-13H2,1-3H3. The monoisotopic (exact) mass is 428 g/mol. The highest BCUT2D eigenvalue weighted by Crippen LogP contribution is 2.42. The van der Waals surface area contributed by atoms with Gasteiger partial charge in [0.1, 0.15) is 12.8 Å². The second-order valence-corrected chi connectivity index (χ2v) is 10.1. The number of aromatic nitrogens is 2. The fourth-order valence-electron chi connectivity index (χ4n) is 3.70. The molecule has 0 amide bonds. The lowest BCUT2D eigenvalue weighted by atomic mass is 9.94. The van der Waals surface area contributed by atoms with Gasteiger partial charge in [-0.1, -0.05) is 12.1 Å². The van der Waals surface area contributed by atoms with Crippen LogP contribution in [0.15, 0.2) is 35.2 Å². The minimum Gasteiger partial charge on any atom is -0.372 e. The van der Waals surface area contributed by atoms with Crippen molar-refractivity contribution in [2.75, 3.05) is 13.7 Å². The lowest BCUT2D eigenvalue weighted by Crippen LogP contribution is -2.42. The number of aryl methyl sites for hydroxylation is 1. The molecule has 0 N–H and O–H groups in total. The molecule has 6 nitrogen and oxygen atoms in total. The number of halogens is 2. The van der Waals surface area contributed by atoms with Crippen molar-refractivity contribution in [2.45, 2.75) is 62.0 Å². The average Bonchev–Trinajstić information content (AvgIpc) is 3.03. The van der Waals surface area contributed by atoms with Crippen LogP contribution in [-0.4, -0.2) is 43.1 Å². The summed E-state index contributed by atoms with van der Waals surface area (Å²) in [6.45, 7) is 3.88. The summed E-state index contributed by atoms with van der Waals surface area (Å²) >= 11 is 0. The molecule has 3 rings (SSSR count). The molecule has 1 aliphatic rings. The highest BCUT2D eigenvalue weighted by atomic mass is 32.2.